The molecule has 0 radical (unpaired) electrons. The number of primary amides is 1. The first-order valence-electron chi connectivity index (χ1n) is 7.45. The minimum atomic E-state index is -0.562. The third-order valence-electron chi connectivity index (χ3n) is 4.43. The Morgan fingerprint density at radius 2 is 1.79 bits per heavy atom. The number of carbonyl (C=O) groups excluding carboxylic acids is 1. The van der Waals surface area contributed by atoms with E-state index in [1.807, 2.05) is 13.8 Å². The molecule has 0 aromatic carbocycles. The average Bonchev–Trinajstić information content (AvgIpc) is 2.34. The summed E-state index contributed by atoms with van der Waals surface area (Å²) in [5.41, 5.74) is 5.16. The van der Waals surface area contributed by atoms with Crippen molar-refractivity contribution >= 4 is 5.91 Å². The number of nitrogens with one attached hydrogen (secondary N) is 1. The van der Waals surface area contributed by atoms with Crippen LogP contribution in [0.4, 0.5) is 0 Å². The Balaban J connectivity index is 4.12. The zero-order chi connectivity index (χ0) is 15.1. The van der Waals surface area contributed by atoms with Crippen LogP contribution in [0.3, 0.4) is 0 Å². The normalized spacial score (nSPS) is 15.5. The summed E-state index contributed by atoms with van der Waals surface area (Å²) >= 11 is 0. The highest BCUT2D eigenvalue weighted by Crippen LogP contribution is 2.18. The number of hydrogen-bond acceptors (Lipinski definition) is 3. The number of nitrogens with zero attached hydrogens (tertiary/aromatic N) is 1. The van der Waals surface area contributed by atoms with Gasteiger partial charge >= 0.3 is 0 Å². The zero-order valence-corrected chi connectivity index (χ0v) is 13.7. The minimum absolute atomic E-state index is 0.245. The Kier molecular flexibility index (Phi) is 7.60. The van der Waals surface area contributed by atoms with Gasteiger partial charge in [-0.2, -0.15) is 0 Å². The first kappa shape index (κ1) is 18.4. The van der Waals surface area contributed by atoms with E-state index >= 15 is 0 Å². The standard InChI is InChI=1S/C15H33N3O/c1-7-14(3,4)18(6)12-10-9-11-15(5,13(16)19)17-8-2/h17H,7-12H2,1-6H3,(H2,16,19). The summed E-state index contributed by atoms with van der Waals surface area (Å²) in [5.74, 6) is -0.253. The van der Waals surface area contributed by atoms with Gasteiger partial charge in [0.25, 0.3) is 0 Å². The summed E-state index contributed by atoms with van der Waals surface area (Å²) in [6.07, 6.45) is 4.04. The molecule has 0 spiro atoms. The molecule has 4 heteroatoms. The molecule has 3 N–H and O–H groups in total. The van der Waals surface area contributed by atoms with Gasteiger partial charge in [0.2, 0.25) is 5.91 Å². The van der Waals surface area contributed by atoms with Crippen LogP contribution in [-0.4, -0.2) is 42.0 Å². The molecule has 0 aliphatic carbocycles. The van der Waals surface area contributed by atoms with Gasteiger partial charge in [-0.25, -0.2) is 0 Å². The molecule has 1 atom stereocenters. The minimum Gasteiger partial charge on any atom is -0.368 e. The first-order valence-corrected chi connectivity index (χ1v) is 7.45. The molecule has 1 amide bonds. The molecule has 19 heavy (non-hydrogen) atoms. The lowest BCUT2D eigenvalue weighted by molar-refractivity contribution is -0.124. The molecule has 0 aromatic rings. The van der Waals surface area contributed by atoms with Crippen molar-refractivity contribution in [3.63, 3.8) is 0 Å². The highest BCUT2D eigenvalue weighted by molar-refractivity contribution is 5.84. The maximum Gasteiger partial charge on any atom is 0.237 e. The van der Waals surface area contributed by atoms with E-state index in [2.05, 4.69) is 38.0 Å². The number of likely N-dealkylation sites (N-methyl/N-ethyl adjacent to an activating group) is 1. The van der Waals surface area contributed by atoms with Crippen LogP contribution in [0.2, 0.25) is 0 Å². The van der Waals surface area contributed by atoms with Crippen molar-refractivity contribution in [1.82, 2.24) is 10.2 Å². The van der Waals surface area contributed by atoms with Crippen molar-refractivity contribution in [2.45, 2.75) is 71.4 Å². The molecule has 0 aromatic heterocycles. The summed E-state index contributed by atoms with van der Waals surface area (Å²) in [4.78, 5) is 13.9. The first-order chi connectivity index (χ1) is 8.69. The van der Waals surface area contributed by atoms with E-state index in [1.165, 1.54) is 0 Å². The second-order valence-electron chi connectivity index (χ2n) is 6.27. The van der Waals surface area contributed by atoms with Gasteiger partial charge in [0.05, 0.1) is 5.54 Å². The van der Waals surface area contributed by atoms with Crippen LogP contribution < -0.4 is 11.1 Å². The SMILES string of the molecule is CCNC(C)(CCCCN(C)C(C)(C)CC)C(N)=O. The molecule has 114 valence electrons. The van der Waals surface area contributed by atoms with Crippen molar-refractivity contribution in [1.29, 1.82) is 0 Å². The molecule has 0 fully saturated rings. The fraction of sp³-hybridized carbons (Fsp3) is 0.933. The topological polar surface area (TPSA) is 58.4 Å². The van der Waals surface area contributed by atoms with E-state index in [-0.39, 0.29) is 11.4 Å². The Morgan fingerprint density at radius 3 is 2.21 bits per heavy atom. The van der Waals surface area contributed by atoms with Crippen molar-refractivity contribution < 1.29 is 4.79 Å². The van der Waals surface area contributed by atoms with Crippen LogP contribution >= 0.6 is 0 Å². The fourth-order valence-corrected chi connectivity index (χ4v) is 2.09. The monoisotopic (exact) mass is 271 g/mol. The van der Waals surface area contributed by atoms with Crippen molar-refractivity contribution in [3.05, 3.63) is 0 Å². The molecule has 0 saturated carbocycles. The van der Waals surface area contributed by atoms with Gasteiger partial charge in [0.1, 0.15) is 0 Å². The molecule has 0 saturated heterocycles. The Hall–Kier alpha value is -0.610. The predicted molar refractivity (Wildman–Crippen MR) is 82.1 cm³/mol. The second kappa shape index (κ2) is 7.85. The number of rotatable bonds is 10. The molecule has 1 unspecified atom stereocenters. The van der Waals surface area contributed by atoms with Crippen molar-refractivity contribution in [2.75, 3.05) is 20.1 Å². The Bertz CT molecular complexity index is 279. The second-order valence-corrected chi connectivity index (χ2v) is 6.27. The van der Waals surface area contributed by atoms with Gasteiger partial charge in [-0.05, 0) is 66.6 Å². The molecule has 0 aliphatic rings. The van der Waals surface area contributed by atoms with Crippen LogP contribution in [0.25, 0.3) is 0 Å². The lowest BCUT2D eigenvalue weighted by atomic mass is 9.93. The highest BCUT2D eigenvalue weighted by atomic mass is 16.1. The lowest BCUT2D eigenvalue weighted by Crippen LogP contribution is -2.53. The summed E-state index contributed by atoms with van der Waals surface area (Å²) in [6.45, 7) is 12.5. The smallest absolute Gasteiger partial charge is 0.237 e. The summed E-state index contributed by atoms with van der Waals surface area (Å²) < 4.78 is 0. The summed E-state index contributed by atoms with van der Waals surface area (Å²) in [7, 11) is 2.17. The number of hydrogen-bond donors (Lipinski definition) is 2. The fourth-order valence-electron chi connectivity index (χ4n) is 2.09. The van der Waals surface area contributed by atoms with Crippen molar-refractivity contribution in [3.8, 4) is 0 Å². The quantitative estimate of drug-likeness (QED) is 0.598. The third kappa shape index (κ3) is 5.91. The average molecular weight is 271 g/mol. The van der Waals surface area contributed by atoms with E-state index in [1.54, 1.807) is 0 Å². The maximum atomic E-state index is 11.5. The Morgan fingerprint density at radius 1 is 1.21 bits per heavy atom. The van der Waals surface area contributed by atoms with Crippen LogP contribution in [0.15, 0.2) is 0 Å². The van der Waals surface area contributed by atoms with Gasteiger partial charge in [-0.1, -0.05) is 13.8 Å². The largest absolute Gasteiger partial charge is 0.368 e. The van der Waals surface area contributed by atoms with E-state index in [0.29, 0.717) is 0 Å². The zero-order valence-electron chi connectivity index (χ0n) is 13.7. The molecule has 0 bridgehead atoms. The molecule has 4 nitrogen and oxygen atoms in total. The summed E-state index contributed by atoms with van der Waals surface area (Å²) in [6, 6.07) is 0. The predicted octanol–water partition coefficient (Wildman–Crippen LogP) is 2.13. The highest BCUT2D eigenvalue weighted by Gasteiger charge is 2.29. The van der Waals surface area contributed by atoms with Crippen molar-refractivity contribution in [2.24, 2.45) is 5.73 Å². The van der Waals surface area contributed by atoms with Crippen LogP contribution in [-0.2, 0) is 4.79 Å². The molecule has 0 heterocycles. The number of unbranched alkanes of at least 4 members (excludes halogenated alkanes) is 1. The number of amides is 1. The van der Waals surface area contributed by atoms with Gasteiger partial charge in [0.15, 0.2) is 0 Å². The van der Waals surface area contributed by atoms with Gasteiger partial charge in [-0.3, -0.25) is 4.79 Å². The van der Waals surface area contributed by atoms with E-state index in [0.717, 1.165) is 38.8 Å². The molecule has 0 rings (SSSR count). The van der Waals surface area contributed by atoms with Crippen LogP contribution in [0.1, 0.15) is 60.3 Å². The molecule has 0 aliphatic heterocycles. The van der Waals surface area contributed by atoms with Gasteiger partial charge in [0, 0.05) is 5.54 Å². The van der Waals surface area contributed by atoms with Gasteiger partial charge in [-0.15, -0.1) is 0 Å². The van der Waals surface area contributed by atoms with E-state index in [9.17, 15) is 4.79 Å². The number of carbonyl (C=O) groups is 1. The maximum absolute atomic E-state index is 11.5. The third-order valence-corrected chi connectivity index (χ3v) is 4.43. The summed E-state index contributed by atoms with van der Waals surface area (Å²) in [5, 5.41) is 3.20. The molecular weight excluding hydrogens is 238 g/mol. The molecular formula is C15H33N3O. The number of nitrogens with two attached hydrogens (primary N) is 1. The van der Waals surface area contributed by atoms with Gasteiger partial charge < -0.3 is 16.0 Å². The van der Waals surface area contributed by atoms with E-state index in [4.69, 9.17) is 5.73 Å². The Labute approximate surface area is 119 Å². The van der Waals surface area contributed by atoms with E-state index < -0.39 is 5.54 Å². The lowest BCUT2D eigenvalue weighted by Gasteiger charge is -2.35. The van der Waals surface area contributed by atoms with Crippen LogP contribution in [0.5, 0.6) is 0 Å². The van der Waals surface area contributed by atoms with Crippen LogP contribution in [0, 0.1) is 0 Å².